The minimum absolute atomic E-state index is 0.0526. The molecule has 0 unspecified atom stereocenters. The summed E-state index contributed by atoms with van der Waals surface area (Å²) in [4.78, 5) is 12.2. The first-order valence-corrected chi connectivity index (χ1v) is 10.9. The molecule has 0 fully saturated rings. The summed E-state index contributed by atoms with van der Waals surface area (Å²) in [5, 5.41) is 9.80. The molecule has 0 spiro atoms. The number of rotatable bonds is 14. The van der Waals surface area contributed by atoms with Crippen LogP contribution in [0.5, 0.6) is 5.75 Å². The summed E-state index contributed by atoms with van der Waals surface area (Å²) in [5.74, 6) is 6.76. The van der Waals surface area contributed by atoms with Gasteiger partial charge in [0.05, 0.1) is 5.56 Å². The molecule has 0 saturated heterocycles. The quantitative estimate of drug-likeness (QED) is 0.211. The van der Waals surface area contributed by atoms with Crippen molar-refractivity contribution in [3.8, 4) is 17.6 Å². The van der Waals surface area contributed by atoms with Crippen molar-refractivity contribution in [3.63, 3.8) is 0 Å². The predicted octanol–water partition coefficient (Wildman–Crippen LogP) is 7.37. The van der Waals surface area contributed by atoms with E-state index in [1.165, 1.54) is 44.9 Å². The molecule has 0 aliphatic rings. The van der Waals surface area contributed by atoms with Gasteiger partial charge in [0.2, 0.25) is 0 Å². The zero-order valence-electron chi connectivity index (χ0n) is 17.5. The molecule has 0 radical (unpaired) electrons. The van der Waals surface area contributed by atoms with Crippen molar-refractivity contribution in [1.82, 2.24) is 0 Å². The number of aryl methyl sites for hydroxylation is 1. The zero-order valence-corrected chi connectivity index (χ0v) is 17.5. The highest BCUT2D eigenvalue weighted by Crippen LogP contribution is 2.21. The molecule has 0 aliphatic carbocycles. The van der Waals surface area contributed by atoms with Gasteiger partial charge in [-0.3, -0.25) is 4.79 Å². The lowest BCUT2D eigenvalue weighted by atomic mass is 10.0. The van der Waals surface area contributed by atoms with Crippen molar-refractivity contribution in [1.29, 1.82) is 0 Å². The van der Waals surface area contributed by atoms with Crippen molar-refractivity contribution >= 4 is 5.78 Å². The molecule has 27 heavy (non-hydrogen) atoms. The van der Waals surface area contributed by atoms with Crippen LogP contribution < -0.4 is 0 Å². The monoisotopic (exact) mass is 370 g/mol. The number of aromatic hydroxyl groups is 1. The van der Waals surface area contributed by atoms with E-state index in [1.807, 2.05) is 13.0 Å². The third kappa shape index (κ3) is 11.5. The van der Waals surface area contributed by atoms with E-state index in [4.69, 9.17) is 0 Å². The highest BCUT2D eigenvalue weighted by atomic mass is 16.3. The lowest BCUT2D eigenvalue weighted by Gasteiger charge is -2.05. The Balaban J connectivity index is 1.97. The van der Waals surface area contributed by atoms with Crippen LogP contribution in [0.3, 0.4) is 0 Å². The van der Waals surface area contributed by atoms with Crippen molar-refractivity contribution in [2.45, 2.75) is 104 Å². The highest BCUT2D eigenvalue weighted by molar-refractivity contribution is 5.98. The predicted molar refractivity (Wildman–Crippen MR) is 115 cm³/mol. The molecule has 1 aromatic carbocycles. The fourth-order valence-electron chi connectivity index (χ4n) is 3.21. The van der Waals surface area contributed by atoms with Crippen molar-refractivity contribution in [2.75, 3.05) is 0 Å². The number of carbonyl (C=O) groups is 1. The minimum atomic E-state index is 0.0526. The number of ketones is 1. The molecule has 0 atom stereocenters. The van der Waals surface area contributed by atoms with E-state index in [1.54, 1.807) is 12.1 Å². The number of carbonyl (C=O) groups excluding carboxylic acids is 1. The Kier molecular flexibility index (Phi) is 13.2. The standard InChI is InChI=1S/C25H38O2/c1-3-4-5-6-7-8-9-10-11-12-13-14-15-16-17-18-24(26)23-21-22(2)19-20-25(23)27/h19-21,27H,3-9,12-18H2,1-2H3. The Morgan fingerprint density at radius 3 is 2.04 bits per heavy atom. The molecule has 150 valence electrons. The van der Waals surface area contributed by atoms with Crippen molar-refractivity contribution < 1.29 is 9.90 Å². The second-order valence-electron chi connectivity index (χ2n) is 7.58. The van der Waals surface area contributed by atoms with Crippen LogP contribution in [0.2, 0.25) is 0 Å². The number of phenols is 1. The summed E-state index contributed by atoms with van der Waals surface area (Å²) in [7, 11) is 0. The fourth-order valence-corrected chi connectivity index (χ4v) is 3.21. The summed E-state index contributed by atoms with van der Waals surface area (Å²) in [6, 6.07) is 5.21. The van der Waals surface area contributed by atoms with Gasteiger partial charge in [-0.25, -0.2) is 0 Å². The molecule has 0 saturated carbocycles. The molecule has 1 N–H and O–H groups in total. The first-order chi connectivity index (χ1) is 13.1. The van der Waals surface area contributed by atoms with Gasteiger partial charge < -0.3 is 5.11 Å². The van der Waals surface area contributed by atoms with Crippen LogP contribution in [-0.2, 0) is 0 Å². The normalized spacial score (nSPS) is 10.4. The van der Waals surface area contributed by atoms with E-state index in [9.17, 15) is 9.90 Å². The maximum absolute atomic E-state index is 12.2. The summed E-state index contributed by atoms with van der Waals surface area (Å²) >= 11 is 0. The van der Waals surface area contributed by atoms with E-state index in [0.717, 1.165) is 44.1 Å². The number of hydrogen-bond acceptors (Lipinski definition) is 2. The van der Waals surface area contributed by atoms with Crippen molar-refractivity contribution in [2.24, 2.45) is 0 Å². The van der Waals surface area contributed by atoms with E-state index in [2.05, 4.69) is 18.8 Å². The third-order valence-corrected chi connectivity index (χ3v) is 4.94. The molecule has 2 nitrogen and oxygen atoms in total. The van der Waals surface area contributed by atoms with Gasteiger partial charge in [-0.05, 0) is 38.3 Å². The topological polar surface area (TPSA) is 37.3 Å². The molecule has 0 heterocycles. The maximum Gasteiger partial charge on any atom is 0.166 e. The summed E-state index contributed by atoms with van der Waals surface area (Å²) in [5.41, 5.74) is 1.48. The second-order valence-corrected chi connectivity index (χ2v) is 7.58. The number of benzene rings is 1. The van der Waals surface area contributed by atoms with Gasteiger partial charge in [0.15, 0.2) is 5.78 Å². The first kappa shape index (κ1) is 23.3. The van der Waals surface area contributed by atoms with Crippen LogP contribution >= 0.6 is 0 Å². The SMILES string of the molecule is CCCCCCCCC#CCCCCCCCC(=O)c1cc(C)ccc1O. The summed E-state index contributed by atoms with van der Waals surface area (Å²) in [6.45, 7) is 4.19. The van der Waals surface area contributed by atoms with E-state index in [-0.39, 0.29) is 11.5 Å². The van der Waals surface area contributed by atoms with Gasteiger partial charge in [-0.1, -0.05) is 69.9 Å². The number of hydrogen-bond donors (Lipinski definition) is 1. The summed E-state index contributed by atoms with van der Waals surface area (Å²) in [6.07, 6.45) is 16.1. The molecule has 0 aromatic heterocycles. The minimum Gasteiger partial charge on any atom is -0.507 e. The molecule has 1 aromatic rings. The highest BCUT2D eigenvalue weighted by Gasteiger charge is 2.10. The maximum atomic E-state index is 12.2. The van der Waals surface area contributed by atoms with Crippen LogP contribution in [0.1, 0.15) is 113 Å². The average Bonchev–Trinajstić information content (AvgIpc) is 2.66. The number of Topliss-reactive ketones (excluding diaryl/α,β-unsaturated/α-hetero) is 1. The van der Waals surface area contributed by atoms with E-state index < -0.39 is 0 Å². The third-order valence-electron chi connectivity index (χ3n) is 4.94. The Bertz CT molecular complexity index is 592. The van der Waals surface area contributed by atoms with Crippen LogP contribution in [0.25, 0.3) is 0 Å². The zero-order chi connectivity index (χ0) is 19.7. The molecule has 0 amide bonds. The van der Waals surface area contributed by atoms with Gasteiger partial charge in [-0.15, -0.1) is 11.8 Å². The Morgan fingerprint density at radius 1 is 0.852 bits per heavy atom. The Morgan fingerprint density at radius 2 is 1.41 bits per heavy atom. The number of unbranched alkanes of at least 4 members (excludes halogenated alkanes) is 11. The van der Waals surface area contributed by atoms with Crippen LogP contribution in [0, 0.1) is 18.8 Å². The van der Waals surface area contributed by atoms with Gasteiger partial charge in [0.25, 0.3) is 0 Å². The summed E-state index contributed by atoms with van der Waals surface area (Å²) < 4.78 is 0. The van der Waals surface area contributed by atoms with Crippen molar-refractivity contribution in [3.05, 3.63) is 29.3 Å². The molecular weight excluding hydrogens is 332 g/mol. The van der Waals surface area contributed by atoms with Crippen LogP contribution in [0.4, 0.5) is 0 Å². The fraction of sp³-hybridized carbons (Fsp3) is 0.640. The smallest absolute Gasteiger partial charge is 0.166 e. The van der Waals surface area contributed by atoms with E-state index in [0.29, 0.717) is 12.0 Å². The molecule has 0 aliphatic heterocycles. The van der Waals surface area contributed by atoms with Crippen LogP contribution in [-0.4, -0.2) is 10.9 Å². The Hall–Kier alpha value is -1.75. The molecule has 0 bridgehead atoms. The van der Waals surface area contributed by atoms with E-state index >= 15 is 0 Å². The lowest BCUT2D eigenvalue weighted by Crippen LogP contribution is -2.00. The number of phenolic OH excluding ortho intramolecular Hbond substituents is 1. The Labute approximate surface area is 166 Å². The molecular formula is C25H38O2. The average molecular weight is 371 g/mol. The lowest BCUT2D eigenvalue weighted by molar-refractivity contribution is 0.0976. The van der Waals surface area contributed by atoms with Gasteiger partial charge in [-0.2, -0.15) is 0 Å². The molecule has 2 heteroatoms. The molecule has 1 rings (SSSR count). The second kappa shape index (κ2) is 15.3. The largest absolute Gasteiger partial charge is 0.507 e. The van der Waals surface area contributed by atoms with Crippen LogP contribution in [0.15, 0.2) is 18.2 Å². The van der Waals surface area contributed by atoms with Gasteiger partial charge in [0.1, 0.15) is 5.75 Å². The van der Waals surface area contributed by atoms with Gasteiger partial charge in [0, 0.05) is 19.3 Å². The van der Waals surface area contributed by atoms with Gasteiger partial charge >= 0.3 is 0 Å². The first-order valence-electron chi connectivity index (χ1n) is 10.9.